The number of aryl methyl sites for hydroxylation is 3. The van der Waals surface area contributed by atoms with Crippen LogP contribution in [0.1, 0.15) is 16.8 Å². The summed E-state index contributed by atoms with van der Waals surface area (Å²) in [5.74, 6) is 1.39. The maximum atomic E-state index is 10.9. The van der Waals surface area contributed by atoms with E-state index >= 15 is 0 Å². The Kier molecular flexibility index (Phi) is 4.02. The summed E-state index contributed by atoms with van der Waals surface area (Å²) in [4.78, 5) is 18.9. The fraction of sp³-hybridized carbons (Fsp3) is 0.286. The van der Waals surface area contributed by atoms with E-state index in [0.717, 1.165) is 5.69 Å². The van der Waals surface area contributed by atoms with Crippen LogP contribution in [0.3, 0.4) is 0 Å². The lowest BCUT2D eigenvalue weighted by molar-refractivity contribution is -0.385. The summed E-state index contributed by atoms with van der Waals surface area (Å²) in [6.07, 6.45) is 0. The second-order valence-electron chi connectivity index (χ2n) is 4.68. The van der Waals surface area contributed by atoms with E-state index in [1.165, 1.54) is 6.07 Å². The Balaban J connectivity index is 2.38. The first-order valence-corrected chi connectivity index (χ1v) is 6.37. The molecule has 0 spiro atoms. The molecule has 0 amide bonds. The first-order chi connectivity index (χ1) is 9.90. The Morgan fingerprint density at radius 3 is 2.48 bits per heavy atom. The van der Waals surface area contributed by atoms with Crippen LogP contribution in [0.5, 0.6) is 11.6 Å². The lowest BCUT2D eigenvalue weighted by Gasteiger charge is -2.10. The van der Waals surface area contributed by atoms with Gasteiger partial charge in [-0.15, -0.1) is 0 Å². The minimum atomic E-state index is -0.403. The molecule has 2 rings (SSSR count). The molecule has 1 aromatic heterocycles. The fourth-order valence-electron chi connectivity index (χ4n) is 1.90. The summed E-state index contributed by atoms with van der Waals surface area (Å²) in [5, 5.41) is 13.8. The van der Waals surface area contributed by atoms with Crippen LogP contribution in [0.4, 0.5) is 11.6 Å². The van der Waals surface area contributed by atoms with Crippen molar-refractivity contribution in [1.29, 1.82) is 0 Å². The van der Waals surface area contributed by atoms with Gasteiger partial charge in [-0.05, 0) is 32.4 Å². The van der Waals surface area contributed by atoms with Crippen LogP contribution in [-0.2, 0) is 0 Å². The average molecular weight is 288 g/mol. The van der Waals surface area contributed by atoms with Crippen LogP contribution in [0.2, 0.25) is 0 Å². The lowest BCUT2D eigenvalue weighted by Crippen LogP contribution is -2.01. The van der Waals surface area contributed by atoms with Crippen LogP contribution in [0.25, 0.3) is 0 Å². The average Bonchev–Trinajstić information content (AvgIpc) is 2.41. The first kappa shape index (κ1) is 14.7. The molecule has 2 aromatic rings. The number of nitrogens with zero attached hydrogens (tertiary/aromatic N) is 3. The number of anilines is 1. The zero-order chi connectivity index (χ0) is 15.6. The number of rotatable bonds is 4. The molecule has 7 heteroatoms. The quantitative estimate of drug-likeness (QED) is 0.686. The monoisotopic (exact) mass is 288 g/mol. The maximum absolute atomic E-state index is 10.9. The van der Waals surface area contributed by atoms with Crippen molar-refractivity contribution in [2.75, 3.05) is 12.4 Å². The van der Waals surface area contributed by atoms with Crippen LogP contribution in [-0.4, -0.2) is 21.9 Å². The summed E-state index contributed by atoms with van der Waals surface area (Å²) < 4.78 is 5.73. The molecular formula is C14H16N4O3. The van der Waals surface area contributed by atoms with Crippen LogP contribution in [0, 0.1) is 30.9 Å². The van der Waals surface area contributed by atoms with Gasteiger partial charge in [-0.3, -0.25) is 10.1 Å². The number of nitrogens with one attached hydrogen (secondary N) is 1. The van der Waals surface area contributed by atoms with E-state index < -0.39 is 4.92 Å². The van der Waals surface area contributed by atoms with E-state index in [1.807, 2.05) is 6.92 Å². The molecule has 1 aromatic carbocycles. The van der Waals surface area contributed by atoms with Crippen molar-refractivity contribution in [3.63, 3.8) is 0 Å². The Hall–Kier alpha value is -2.70. The first-order valence-electron chi connectivity index (χ1n) is 6.37. The molecule has 0 fully saturated rings. The molecule has 0 atom stereocenters. The largest absolute Gasteiger partial charge is 0.439 e. The van der Waals surface area contributed by atoms with Gasteiger partial charge in [0.2, 0.25) is 11.8 Å². The minimum Gasteiger partial charge on any atom is -0.439 e. The van der Waals surface area contributed by atoms with Crippen molar-refractivity contribution in [2.45, 2.75) is 20.8 Å². The Morgan fingerprint density at radius 2 is 1.86 bits per heavy atom. The van der Waals surface area contributed by atoms with E-state index in [-0.39, 0.29) is 5.69 Å². The molecule has 0 saturated heterocycles. The highest BCUT2D eigenvalue weighted by Gasteiger charge is 2.15. The Morgan fingerprint density at radius 1 is 1.14 bits per heavy atom. The van der Waals surface area contributed by atoms with Crippen LogP contribution in [0.15, 0.2) is 18.2 Å². The molecular weight excluding hydrogens is 272 g/mol. The van der Waals surface area contributed by atoms with Crippen LogP contribution >= 0.6 is 0 Å². The molecule has 0 aliphatic rings. The van der Waals surface area contributed by atoms with E-state index in [2.05, 4.69) is 15.3 Å². The standard InChI is InChI=1S/C14H16N4O3/c1-8-6-12(9(2)5-11(8)18(19)20)21-13-7-10(3)16-14(15-4)17-13/h5-7H,1-4H3,(H,15,16,17). The molecule has 0 unspecified atom stereocenters. The second-order valence-corrected chi connectivity index (χ2v) is 4.68. The van der Waals surface area contributed by atoms with Gasteiger partial charge >= 0.3 is 0 Å². The highest BCUT2D eigenvalue weighted by molar-refractivity contribution is 5.50. The van der Waals surface area contributed by atoms with Gasteiger partial charge < -0.3 is 10.1 Å². The molecule has 21 heavy (non-hydrogen) atoms. The van der Waals surface area contributed by atoms with Gasteiger partial charge in [0.1, 0.15) is 5.75 Å². The third-order valence-electron chi connectivity index (χ3n) is 2.96. The maximum Gasteiger partial charge on any atom is 0.272 e. The smallest absolute Gasteiger partial charge is 0.272 e. The molecule has 0 bridgehead atoms. The molecule has 110 valence electrons. The molecule has 1 N–H and O–H groups in total. The van der Waals surface area contributed by atoms with Gasteiger partial charge in [-0.25, -0.2) is 4.98 Å². The fourth-order valence-corrected chi connectivity index (χ4v) is 1.90. The van der Waals surface area contributed by atoms with Crippen molar-refractivity contribution < 1.29 is 9.66 Å². The second kappa shape index (κ2) is 5.74. The summed E-state index contributed by atoms with van der Waals surface area (Å²) in [6, 6.07) is 4.85. The van der Waals surface area contributed by atoms with Crippen molar-refractivity contribution in [3.8, 4) is 11.6 Å². The number of hydrogen-bond donors (Lipinski definition) is 1. The Bertz CT molecular complexity index is 701. The third kappa shape index (κ3) is 3.25. The SMILES string of the molecule is CNc1nc(C)cc(Oc2cc(C)c([N+](=O)[O-])cc2C)n1. The van der Waals surface area contributed by atoms with E-state index in [0.29, 0.717) is 28.7 Å². The molecule has 0 aliphatic heterocycles. The third-order valence-corrected chi connectivity index (χ3v) is 2.96. The molecule has 7 nitrogen and oxygen atoms in total. The van der Waals surface area contributed by atoms with Gasteiger partial charge in [0, 0.05) is 30.4 Å². The molecule has 0 saturated carbocycles. The van der Waals surface area contributed by atoms with Gasteiger partial charge in [-0.1, -0.05) is 0 Å². The summed E-state index contributed by atoms with van der Waals surface area (Å²) in [5.41, 5.74) is 2.06. The number of ether oxygens (including phenoxy) is 1. The normalized spacial score (nSPS) is 10.3. The molecule has 0 aliphatic carbocycles. The molecule has 0 radical (unpaired) electrons. The number of nitro benzene ring substituents is 1. The zero-order valence-corrected chi connectivity index (χ0v) is 12.3. The highest BCUT2D eigenvalue weighted by atomic mass is 16.6. The topological polar surface area (TPSA) is 90.2 Å². The van der Waals surface area contributed by atoms with Crippen molar-refractivity contribution in [3.05, 3.63) is 45.1 Å². The van der Waals surface area contributed by atoms with Crippen molar-refractivity contribution in [1.82, 2.24) is 9.97 Å². The van der Waals surface area contributed by atoms with Gasteiger partial charge in [-0.2, -0.15) is 4.98 Å². The molecule has 1 heterocycles. The number of hydrogen-bond acceptors (Lipinski definition) is 6. The van der Waals surface area contributed by atoms with E-state index in [9.17, 15) is 10.1 Å². The van der Waals surface area contributed by atoms with Crippen molar-refractivity contribution in [2.24, 2.45) is 0 Å². The number of benzene rings is 1. The number of aromatic nitrogens is 2. The Labute approximate surface area is 122 Å². The predicted octanol–water partition coefficient (Wildman–Crippen LogP) is 3.14. The van der Waals surface area contributed by atoms with Gasteiger partial charge in [0.25, 0.3) is 5.69 Å². The summed E-state index contributed by atoms with van der Waals surface area (Å²) >= 11 is 0. The summed E-state index contributed by atoms with van der Waals surface area (Å²) in [6.45, 7) is 5.27. The predicted molar refractivity (Wildman–Crippen MR) is 79.0 cm³/mol. The summed E-state index contributed by atoms with van der Waals surface area (Å²) in [7, 11) is 1.72. The van der Waals surface area contributed by atoms with Crippen molar-refractivity contribution >= 4 is 11.6 Å². The van der Waals surface area contributed by atoms with Gasteiger partial charge in [0.15, 0.2) is 0 Å². The number of nitro groups is 1. The van der Waals surface area contributed by atoms with Crippen LogP contribution < -0.4 is 10.1 Å². The highest BCUT2D eigenvalue weighted by Crippen LogP contribution is 2.30. The van der Waals surface area contributed by atoms with E-state index in [4.69, 9.17) is 4.74 Å². The van der Waals surface area contributed by atoms with Gasteiger partial charge in [0.05, 0.1) is 4.92 Å². The van der Waals surface area contributed by atoms with E-state index in [1.54, 1.807) is 33.0 Å². The lowest BCUT2D eigenvalue weighted by atomic mass is 10.1. The zero-order valence-electron chi connectivity index (χ0n) is 12.3. The minimum absolute atomic E-state index is 0.0784.